The van der Waals surface area contributed by atoms with E-state index in [4.69, 9.17) is 4.74 Å². The number of hydrogen-bond donors (Lipinski definition) is 0. The molecule has 0 aromatic carbocycles. The van der Waals surface area contributed by atoms with Crippen LogP contribution in [0.4, 0.5) is 0 Å². The summed E-state index contributed by atoms with van der Waals surface area (Å²) in [5.74, 6) is 0.869. The summed E-state index contributed by atoms with van der Waals surface area (Å²) in [7, 11) is -1.36. The summed E-state index contributed by atoms with van der Waals surface area (Å²) in [6.07, 6.45) is 8.55. The molecule has 30 heavy (non-hydrogen) atoms. The highest BCUT2D eigenvalue weighted by Gasteiger charge is 2.33. The molecule has 2 saturated heterocycles. The predicted molar refractivity (Wildman–Crippen MR) is 115 cm³/mol. The Balaban J connectivity index is 1.63. The molecule has 9 nitrogen and oxygen atoms in total. The van der Waals surface area contributed by atoms with E-state index in [-0.39, 0.29) is 18.5 Å². The van der Waals surface area contributed by atoms with Crippen LogP contribution in [0.1, 0.15) is 31.5 Å². The maximum Gasteiger partial charge on any atom is 0.242 e. The Bertz CT molecular complexity index is 806. The molecule has 3 rings (SSSR count). The molecule has 1 amide bonds. The lowest BCUT2D eigenvalue weighted by Gasteiger charge is -2.44. The fourth-order valence-electron chi connectivity index (χ4n) is 4.40. The third-order valence-corrected chi connectivity index (χ3v) is 7.58. The first-order chi connectivity index (χ1) is 14.3. The van der Waals surface area contributed by atoms with Gasteiger partial charge in [-0.3, -0.25) is 9.69 Å². The van der Waals surface area contributed by atoms with Crippen LogP contribution in [0.2, 0.25) is 0 Å². The summed E-state index contributed by atoms with van der Waals surface area (Å²) < 4.78 is 33.2. The first-order valence-corrected chi connectivity index (χ1v) is 12.6. The third kappa shape index (κ3) is 6.03. The quantitative estimate of drug-likeness (QED) is 0.586. The lowest BCUT2D eigenvalue weighted by atomic mass is 9.99. The minimum atomic E-state index is -3.19. The van der Waals surface area contributed by atoms with Gasteiger partial charge < -0.3 is 14.2 Å². The van der Waals surface area contributed by atoms with Crippen LogP contribution in [0.3, 0.4) is 0 Å². The molecule has 0 radical (unpaired) electrons. The topological polar surface area (TPSA) is 88.0 Å². The molecule has 1 aromatic heterocycles. The number of carbonyl (C=O) groups excluding carboxylic acids is 1. The van der Waals surface area contributed by atoms with Gasteiger partial charge in [-0.2, -0.15) is 0 Å². The maximum atomic E-state index is 12.7. The van der Waals surface area contributed by atoms with Gasteiger partial charge in [0.05, 0.1) is 6.26 Å². The number of ether oxygens (including phenoxy) is 1. The maximum absolute atomic E-state index is 12.7. The van der Waals surface area contributed by atoms with E-state index in [1.165, 1.54) is 6.26 Å². The second-order valence-corrected chi connectivity index (χ2v) is 10.4. The standard InChI is InChI=1S/C20H35N5O4S/c1-17-21-8-10-23(17)16-20(26)22(2)11-12-25(18-6-13-29-14-7-18)19-5-4-9-24(15-19)30(3,27)28/h8,10,18-19H,4-7,9,11-16H2,1-3H3. The van der Waals surface area contributed by atoms with Gasteiger partial charge in [-0.25, -0.2) is 17.7 Å². The van der Waals surface area contributed by atoms with Crippen LogP contribution in [-0.2, 0) is 26.1 Å². The molecule has 2 aliphatic heterocycles. The molecule has 1 aromatic rings. The number of likely N-dealkylation sites (N-methyl/N-ethyl adjacent to an activating group) is 1. The number of sulfonamides is 1. The first kappa shape index (κ1) is 23.2. The normalized spacial score (nSPS) is 21.8. The number of piperidine rings is 1. The van der Waals surface area contributed by atoms with Crippen molar-refractivity contribution in [1.29, 1.82) is 0 Å². The molecule has 3 heterocycles. The Morgan fingerprint density at radius 1 is 1.23 bits per heavy atom. The van der Waals surface area contributed by atoms with Gasteiger partial charge in [-0.05, 0) is 32.6 Å². The zero-order valence-electron chi connectivity index (χ0n) is 18.4. The van der Waals surface area contributed by atoms with Crippen LogP contribution >= 0.6 is 0 Å². The molecule has 0 bridgehead atoms. The van der Waals surface area contributed by atoms with Crippen molar-refractivity contribution in [3.05, 3.63) is 18.2 Å². The van der Waals surface area contributed by atoms with Crippen molar-refractivity contribution >= 4 is 15.9 Å². The van der Waals surface area contributed by atoms with E-state index in [1.54, 1.807) is 15.4 Å². The summed E-state index contributed by atoms with van der Waals surface area (Å²) >= 11 is 0. The number of aryl methyl sites for hydroxylation is 1. The highest BCUT2D eigenvalue weighted by molar-refractivity contribution is 7.88. The molecule has 1 atom stereocenters. The SMILES string of the molecule is Cc1nccn1CC(=O)N(C)CCN(C1CCOCC1)C1CCCN(S(C)(=O)=O)C1. The highest BCUT2D eigenvalue weighted by Crippen LogP contribution is 2.24. The van der Waals surface area contributed by atoms with Crippen LogP contribution in [0.5, 0.6) is 0 Å². The van der Waals surface area contributed by atoms with E-state index in [1.807, 2.05) is 24.7 Å². The molecule has 10 heteroatoms. The summed E-state index contributed by atoms with van der Waals surface area (Å²) in [6, 6.07) is 0.540. The summed E-state index contributed by atoms with van der Waals surface area (Å²) in [5, 5.41) is 0. The Kier molecular flexibility index (Phi) is 7.89. The van der Waals surface area contributed by atoms with Crippen molar-refractivity contribution in [1.82, 2.24) is 23.7 Å². The molecule has 2 fully saturated rings. The minimum absolute atomic E-state index is 0.0458. The molecule has 0 spiro atoms. The number of imidazole rings is 1. The van der Waals surface area contributed by atoms with Crippen LogP contribution in [-0.4, -0.2) is 103 Å². The van der Waals surface area contributed by atoms with Crippen LogP contribution in [0.25, 0.3) is 0 Å². The van der Waals surface area contributed by atoms with Crippen molar-refractivity contribution < 1.29 is 17.9 Å². The average Bonchev–Trinajstić information content (AvgIpc) is 3.13. The van der Waals surface area contributed by atoms with Crippen molar-refractivity contribution in [2.24, 2.45) is 0 Å². The van der Waals surface area contributed by atoms with Crippen LogP contribution in [0.15, 0.2) is 12.4 Å². The van der Waals surface area contributed by atoms with Crippen LogP contribution < -0.4 is 0 Å². The monoisotopic (exact) mass is 441 g/mol. The fraction of sp³-hybridized carbons (Fsp3) is 0.800. The smallest absolute Gasteiger partial charge is 0.242 e. The van der Waals surface area contributed by atoms with Gasteiger partial charge in [0.25, 0.3) is 0 Å². The Hall–Kier alpha value is -1.49. The minimum Gasteiger partial charge on any atom is -0.381 e. The van der Waals surface area contributed by atoms with E-state index in [0.29, 0.717) is 25.7 Å². The molecule has 0 N–H and O–H groups in total. The first-order valence-electron chi connectivity index (χ1n) is 10.8. The Labute approximate surface area is 180 Å². The largest absolute Gasteiger partial charge is 0.381 e. The number of aromatic nitrogens is 2. The van der Waals surface area contributed by atoms with Gasteiger partial charge in [-0.1, -0.05) is 0 Å². The van der Waals surface area contributed by atoms with Crippen molar-refractivity contribution in [2.75, 3.05) is 52.7 Å². The zero-order valence-corrected chi connectivity index (χ0v) is 19.2. The lowest BCUT2D eigenvalue weighted by Crippen LogP contribution is -2.55. The highest BCUT2D eigenvalue weighted by atomic mass is 32.2. The summed E-state index contributed by atoms with van der Waals surface area (Å²) in [4.78, 5) is 21.0. The number of hydrogen-bond acceptors (Lipinski definition) is 6. The van der Waals surface area contributed by atoms with Crippen molar-refractivity contribution in [2.45, 2.75) is 51.2 Å². The van der Waals surface area contributed by atoms with E-state index in [2.05, 4.69) is 9.88 Å². The summed E-state index contributed by atoms with van der Waals surface area (Å²) in [6.45, 7) is 6.11. The Morgan fingerprint density at radius 2 is 1.97 bits per heavy atom. The average molecular weight is 442 g/mol. The molecule has 170 valence electrons. The molecule has 2 aliphatic rings. The lowest BCUT2D eigenvalue weighted by molar-refractivity contribution is -0.131. The van der Waals surface area contributed by atoms with E-state index >= 15 is 0 Å². The van der Waals surface area contributed by atoms with E-state index in [9.17, 15) is 13.2 Å². The van der Waals surface area contributed by atoms with Gasteiger partial charge in [0.1, 0.15) is 12.4 Å². The summed E-state index contributed by atoms with van der Waals surface area (Å²) in [5.41, 5.74) is 0. The van der Waals surface area contributed by atoms with Gasteiger partial charge in [-0.15, -0.1) is 0 Å². The molecule has 1 unspecified atom stereocenters. The van der Waals surface area contributed by atoms with E-state index < -0.39 is 10.0 Å². The molecule has 0 aliphatic carbocycles. The molecular weight excluding hydrogens is 406 g/mol. The fourth-order valence-corrected chi connectivity index (χ4v) is 5.30. The third-order valence-electron chi connectivity index (χ3n) is 6.31. The van der Waals surface area contributed by atoms with Gasteiger partial charge in [0.2, 0.25) is 15.9 Å². The van der Waals surface area contributed by atoms with Gasteiger partial charge >= 0.3 is 0 Å². The van der Waals surface area contributed by atoms with E-state index in [0.717, 1.165) is 51.3 Å². The van der Waals surface area contributed by atoms with Crippen molar-refractivity contribution in [3.63, 3.8) is 0 Å². The molecule has 0 saturated carbocycles. The van der Waals surface area contributed by atoms with Gasteiger partial charge in [0, 0.05) is 70.9 Å². The second kappa shape index (κ2) is 10.2. The molecular formula is C20H35N5O4S. The van der Waals surface area contributed by atoms with Crippen LogP contribution in [0, 0.1) is 6.92 Å². The second-order valence-electron chi connectivity index (χ2n) is 8.42. The number of amides is 1. The number of rotatable bonds is 8. The number of carbonyl (C=O) groups is 1. The Morgan fingerprint density at radius 3 is 2.60 bits per heavy atom. The zero-order chi connectivity index (χ0) is 21.7. The van der Waals surface area contributed by atoms with Crippen molar-refractivity contribution in [3.8, 4) is 0 Å². The van der Waals surface area contributed by atoms with Gasteiger partial charge in [0.15, 0.2) is 0 Å². The predicted octanol–water partition coefficient (Wildman–Crippen LogP) is 0.555. The number of nitrogens with zero attached hydrogens (tertiary/aromatic N) is 5.